The molecule has 53 valence electrons. The zero-order valence-corrected chi connectivity index (χ0v) is 6.17. The van der Waals surface area contributed by atoms with Gasteiger partial charge in [0, 0.05) is 18.2 Å². The molecular formula is C8H11N2. The Morgan fingerprint density at radius 3 is 3.60 bits per heavy atom. The number of nitrogens with zero attached hydrogens (tertiary/aromatic N) is 2. The second-order valence-electron chi connectivity index (χ2n) is 2.82. The second kappa shape index (κ2) is 2.11. The third-order valence-corrected chi connectivity index (χ3v) is 2.29. The molecule has 2 heterocycles. The minimum absolute atomic E-state index is 0.749. The van der Waals surface area contributed by atoms with Gasteiger partial charge in [-0.05, 0) is 18.9 Å². The fourth-order valence-corrected chi connectivity index (χ4v) is 1.64. The first-order chi connectivity index (χ1) is 4.92. The van der Waals surface area contributed by atoms with E-state index in [4.69, 9.17) is 0 Å². The Labute approximate surface area is 60.9 Å². The van der Waals surface area contributed by atoms with E-state index in [1.54, 1.807) is 0 Å². The van der Waals surface area contributed by atoms with Gasteiger partial charge in [-0.15, -0.1) is 0 Å². The van der Waals surface area contributed by atoms with Crippen LogP contribution in [0, 0.1) is 6.20 Å². The lowest BCUT2D eigenvalue weighted by Crippen LogP contribution is -1.93. The summed E-state index contributed by atoms with van der Waals surface area (Å²) in [5.41, 5.74) is 1.38. The summed E-state index contributed by atoms with van der Waals surface area (Å²) in [7, 11) is 0. The molecule has 0 saturated carbocycles. The Morgan fingerprint density at radius 2 is 2.80 bits per heavy atom. The molecule has 0 amide bonds. The molecule has 1 radical (unpaired) electrons. The molecule has 1 aliphatic rings. The number of aryl methyl sites for hydroxylation is 1. The van der Waals surface area contributed by atoms with Crippen molar-refractivity contribution >= 4 is 0 Å². The molecule has 2 nitrogen and oxygen atoms in total. The van der Waals surface area contributed by atoms with Crippen LogP contribution in [0.4, 0.5) is 0 Å². The van der Waals surface area contributed by atoms with E-state index in [1.165, 1.54) is 18.5 Å². The van der Waals surface area contributed by atoms with Crippen molar-refractivity contribution in [1.29, 1.82) is 0 Å². The summed E-state index contributed by atoms with van der Waals surface area (Å²) in [5, 5.41) is 4.09. The number of hydrogen-bond donors (Lipinski definition) is 0. The highest BCUT2D eigenvalue weighted by atomic mass is 15.3. The summed E-state index contributed by atoms with van der Waals surface area (Å²) < 4.78 is 2.06. The minimum Gasteiger partial charge on any atom is -0.269 e. The maximum Gasteiger partial charge on any atom is 0.113 e. The molecular weight excluding hydrogens is 124 g/mol. The smallest absolute Gasteiger partial charge is 0.113 e. The van der Waals surface area contributed by atoms with Crippen LogP contribution < -0.4 is 0 Å². The van der Waals surface area contributed by atoms with Crippen molar-refractivity contribution in [3.63, 3.8) is 0 Å². The first-order valence-corrected chi connectivity index (χ1v) is 3.85. The summed E-state index contributed by atoms with van der Waals surface area (Å²) in [6.45, 7) is 3.32. The van der Waals surface area contributed by atoms with Crippen molar-refractivity contribution in [3.05, 3.63) is 18.0 Å². The van der Waals surface area contributed by atoms with Gasteiger partial charge < -0.3 is 0 Å². The molecule has 0 bridgehead atoms. The normalized spacial score (nSPS) is 23.1. The predicted octanol–water partition coefficient (Wildman–Crippen LogP) is 1.58. The van der Waals surface area contributed by atoms with Gasteiger partial charge >= 0.3 is 0 Å². The van der Waals surface area contributed by atoms with Gasteiger partial charge in [0.15, 0.2) is 0 Å². The van der Waals surface area contributed by atoms with E-state index >= 15 is 0 Å². The van der Waals surface area contributed by atoms with Crippen LogP contribution in [0.5, 0.6) is 0 Å². The molecule has 0 spiro atoms. The number of fused-ring (bicyclic) bond motifs is 1. The van der Waals surface area contributed by atoms with E-state index in [9.17, 15) is 0 Å². The summed E-state index contributed by atoms with van der Waals surface area (Å²) in [6, 6.07) is 2.02. The molecule has 2 heteroatoms. The number of aromatic nitrogens is 2. The first kappa shape index (κ1) is 5.96. The molecule has 1 aliphatic heterocycles. The van der Waals surface area contributed by atoms with Crippen LogP contribution in [0.3, 0.4) is 0 Å². The van der Waals surface area contributed by atoms with E-state index in [0.717, 1.165) is 12.5 Å². The molecule has 0 saturated heterocycles. The van der Waals surface area contributed by atoms with Gasteiger partial charge in [-0.3, -0.25) is 4.68 Å². The first-order valence-electron chi connectivity index (χ1n) is 3.85. The van der Waals surface area contributed by atoms with E-state index in [2.05, 4.69) is 22.9 Å². The number of rotatable bonds is 1. The van der Waals surface area contributed by atoms with Crippen LogP contribution >= 0.6 is 0 Å². The highest BCUT2D eigenvalue weighted by Gasteiger charge is 2.20. The maximum absolute atomic E-state index is 4.09. The zero-order chi connectivity index (χ0) is 6.97. The van der Waals surface area contributed by atoms with Crippen LogP contribution in [-0.4, -0.2) is 9.78 Å². The summed E-state index contributed by atoms with van der Waals surface area (Å²) in [5.74, 6) is 0.749. The molecule has 2 rings (SSSR count). The van der Waals surface area contributed by atoms with Crippen molar-refractivity contribution < 1.29 is 0 Å². The Hall–Kier alpha value is -0.790. The van der Waals surface area contributed by atoms with Gasteiger partial charge in [-0.25, -0.2) is 0 Å². The third-order valence-electron chi connectivity index (χ3n) is 2.29. The van der Waals surface area contributed by atoms with Crippen LogP contribution in [0.1, 0.15) is 31.4 Å². The van der Waals surface area contributed by atoms with Gasteiger partial charge in [0.05, 0.1) is 0 Å². The maximum atomic E-state index is 4.09. The lowest BCUT2D eigenvalue weighted by Gasteiger charge is -2.01. The molecule has 1 aromatic rings. The summed E-state index contributed by atoms with van der Waals surface area (Å²) in [6.07, 6.45) is 5.38. The zero-order valence-electron chi connectivity index (χ0n) is 6.17. The fraction of sp³-hybridized carbons (Fsp3) is 0.625. The molecule has 0 N–H and O–H groups in total. The lowest BCUT2D eigenvalue weighted by atomic mass is 10.0. The average Bonchev–Trinajstić information content (AvgIpc) is 2.44. The monoisotopic (exact) mass is 135 g/mol. The molecule has 10 heavy (non-hydrogen) atoms. The standard InChI is InChI=1S/C8H11N2/c1-2-7-4-6-10-8(7)3-5-9-10/h3,7H,2,4,6H2,1H3. The third kappa shape index (κ3) is 0.681. The van der Waals surface area contributed by atoms with Crippen LogP contribution in [-0.2, 0) is 6.54 Å². The summed E-state index contributed by atoms with van der Waals surface area (Å²) >= 11 is 0. The number of hydrogen-bond acceptors (Lipinski definition) is 1. The predicted molar refractivity (Wildman–Crippen MR) is 38.7 cm³/mol. The Balaban J connectivity index is 2.34. The molecule has 0 aliphatic carbocycles. The van der Waals surface area contributed by atoms with Crippen molar-refractivity contribution in [3.8, 4) is 0 Å². The minimum atomic E-state index is 0.749. The molecule has 0 fully saturated rings. The Bertz CT molecular complexity index is 227. The fourth-order valence-electron chi connectivity index (χ4n) is 1.64. The van der Waals surface area contributed by atoms with E-state index < -0.39 is 0 Å². The Morgan fingerprint density at radius 1 is 1.90 bits per heavy atom. The van der Waals surface area contributed by atoms with E-state index in [0.29, 0.717) is 0 Å². The largest absolute Gasteiger partial charge is 0.269 e. The lowest BCUT2D eigenvalue weighted by molar-refractivity contribution is 0.619. The van der Waals surface area contributed by atoms with Crippen molar-refractivity contribution in [1.82, 2.24) is 9.78 Å². The van der Waals surface area contributed by atoms with Crippen molar-refractivity contribution in [2.45, 2.75) is 32.2 Å². The van der Waals surface area contributed by atoms with Gasteiger partial charge in [0.25, 0.3) is 0 Å². The quantitative estimate of drug-likeness (QED) is 0.571. The van der Waals surface area contributed by atoms with Crippen molar-refractivity contribution in [2.75, 3.05) is 0 Å². The van der Waals surface area contributed by atoms with Crippen LogP contribution in [0.2, 0.25) is 0 Å². The summed E-state index contributed by atoms with van der Waals surface area (Å²) in [4.78, 5) is 0. The van der Waals surface area contributed by atoms with Gasteiger partial charge in [-0.1, -0.05) is 6.92 Å². The van der Waals surface area contributed by atoms with Crippen molar-refractivity contribution in [2.24, 2.45) is 0 Å². The van der Waals surface area contributed by atoms with Gasteiger partial charge in [-0.2, -0.15) is 5.10 Å². The Kier molecular flexibility index (Phi) is 1.26. The SMILES string of the molecule is CCC1CCn2n[c]cc21. The highest BCUT2D eigenvalue weighted by molar-refractivity contribution is 5.10. The second-order valence-corrected chi connectivity index (χ2v) is 2.82. The molecule has 0 aromatic carbocycles. The van der Waals surface area contributed by atoms with E-state index in [1.807, 2.05) is 6.07 Å². The topological polar surface area (TPSA) is 17.8 Å². The average molecular weight is 135 g/mol. The molecule has 1 unspecified atom stereocenters. The van der Waals surface area contributed by atoms with Crippen LogP contribution in [0.15, 0.2) is 6.07 Å². The highest BCUT2D eigenvalue weighted by Crippen LogP contribution is 2.28. The molecule has 1 aromatic heterocycles. The van der Waals surface area contributed by atoms with Gasteiger partial charge in [0.1, 0.15) is 6.20 Å². The van der Waals surface area contributed by atoms with Gasteiger partial charge in [0.2, 0.25) is 0 Å². The van der Waals surface area contributed by atoms with E-state index in [-0.39, 0.29) is 0 Å². The van der Waals surface area contributed by atoms with Crippen LogP contribution in [0.25, 0.3) is 0 Å². The molecule has 1 atom stereocenters.